The minimum absolute atomic E-state index is 0. The van der Waals surface area contributed by atoms with Crippen LogP contribution >= 0.6 is 0 Å². The lowest BCUT2D eigenvalue weighted by Crippen LogP contribution is -2.12. The number of nitrogens with one attached hydrogen (secondary N) is 1. The van der Waals surface area contributed by atoms with Gasteiger partial charge in [0.15, 0.2) is 0 Å². The molecule has 0 spiro atoms. The fraction of sp³-hybridized carbons (Fsp3) is 0.111. The van der Waals surface area contributed by atoms with Crippen LogP contribution < -0.4 is 5.32 Å². The molecule has 0 atom stereocenters. The summed E-state index contributed by atoms with van der Waals surface area (Å²) < 4.78 is 0. The summed E-state index contributed by atoms with van der Waals surface area (Å²) in [5.41, 5.74) is 0.184. The molecule has 2 rings (SSSR count). The first-order chi connectivity index (χ1) is 6.59. The van der Waals surface area contributed by atoms with Crippen molar-refractivity contribution >= 4 is 23.1 Å². The van der Waals surface area contributed by atoms with E-state index in [1.807, 2.05) is 0 Å². The number of anilines is 1. The van der Waals surface area contributed by atoms with Gasteiger partial charge >= 0.3 is 0 Å². The lowest BCUT2D eigenvalue weighted by molar-refractivity contribution is -0.384. The third kappa shape index (κ3) is 1.56. The molecule has 1 aromatic rings. The van der Waals surface area contributed by atoms with E-state index in [9.17, 15) is 19.7 Å². The van der Waals surface area contributed by atoms with E-state index < -0.39 is 16.6 Å². The molecular formula is C9H8N2O4. The maximum absolute atomic E-state index is 11.1. The van der Waals surface area contributed by atoms with Crippen molar-refractivity contribution in [2.45, 2.75) is 7.43 Å². The first-order valence-electron chi connectivity index (χ1n) is 3.74. The van der Waals surface area contributed by atoms with E-state index in [0.29, 0.717) is 5.69 Å². The summed E-state index contributed by atoms with van der Waals surface area (Å²) in [6, 6.07) is 3.67. The molecule has 0 bridgehead atoms. The van der Waals surface area contributed by atoms with Gasteiger partial charge in [-0.2, -0.15) is 0 Å². The minimum Gasteiger partial charge on any atom is -0.318 e. The summed E-state index contributed by atoms with van der Waals surface area (Å²) in [5, 5.41) is 12.7. The van der Waals surface area contributed by atoms with Crippen molar-refractivity contribution in [3.63, 3.8) is 0 Å². The fourth-order valence-corrected chi connectivity index (χ4v) is 1.24. The Morgan fingerprint density at radius 2 is 1.93 bits per heavy atom. The van der Waals surface area contributed by atoms with Crippen LogP contribution in [0.4, 0.5) is 11.4 Å². The largest absolute Gasteiger partial charge is 0.318 e. The summed E-state index contributed by atoms with van der Waals surface area (Å²) >= 11 is 0. The molecule has 15 heavy (non-hydrogen) atoms. The van der Waals surface area contributed by atoms with Gasteiger partial charge in [-0.05, 0) is 6.07 Å². The van der Waals surface area contributed by atoms with Crippen molar-refractivity contribution in [3.05, 3.63) is 33.9 Å². The number of benzene rings is 1. The molecule has 1 heterocycles. The van der Waals surface area contributed by atoms with Crippen molar-refractivity contribution in [3.8, 4) is 0 Å². The Bertz CT molecular complexity index is 467. The number of nitrogens with zero attached hydrogens (tertiary/aromatic N) is 1. The Morgan fingerprint density at radius 1 is 1.27 bits per heavy atom. The van der Waals surface area contributed by atoms with Gasteiger partial charge in [0.1, 0.15) is 0 Å². The predicted octanol–water partition coefficient (Wildman–Crippen LogP) is 1.37. The molecule has 0 fully saturated rings. The Morgan fingerprint density at radius 3 is 2.53 bits per heavy atom. The number of hydrogen-bond donors (Lipinski definition) is 1. The number of rotatable bonds is 1. The topological polar surface area (TPSA) is 89.3 Å². The third-order valence-corrected chi connectivity index (χ3v) is 1.91. The molecular weight excluding hydrogens is 200 g/mol. The van der Waals surface area contributed by atoms with Gasteiger partial charge in [-0.25, -0.2) is 0 Å². The zero-order valence-corrected chi connectivity index (χ0v) is 6.81. The zero-order chi connectivity index (χ0) is 10.3. The fourth-order valence-electron chi connectivity index (χ4n) is 1.24. The Balaban J connectivity index is 0.00000112. The highest BCUT2D eigenvalue weighted by Crippen LogP contribution is 2.26. The van der Waals surface area contributed by atoms with Crippen LogP contribution in [0.1, 0.15) is 17.8 Å². The van der Waals surface area contributed by atoms with E-state index in [2.05, 4.69) is 5.32 Å². The van der Waals surface area contributed by atoms with E-state index in [4.69, 9.17) is 0 Å². The molecule has 0 aliphatic carbocycles. The number of ketones is 1. The summed E-state index contributed by atoms with van der Waals surface area (Å²) in [6.07, 6.45) is 0. The summed E-state index contributed by atoms with van der Waals surface area (Å²) in [6.45, 7) is 0. The molecule has 1 aromatic carbocycles. The summed E-state index contributed by atoms with van der Waals surface area (Å²) in [5.74, 6) is -1.48. The van der Waals surface area contributed by atoms with Gasteiger partial charge < -0.3 is 5.32 Å². The molecule has 1 amide bonds. The number of carbonyl (C=O) groups is 2. The third-order valence-electron chi connectivity index (χ3n) is 1.91. The molecule has 1 aliphatic rings. The average molecular weight is 208 g/mol. The standard InChI is InChI=1S/C8H4N2O4.CH4/c11-7-5-3-4(10(13)14)1-2-6(5)9-8(7)12;/h1-3H,(H,9,11,12);1H4. The second kappa shape index (κ2) is 3.49. The van der Waals surface area contributed by atoms with E-state index in [1.54, 1.807) is 0 Å². The molecule has 78 valence electrons. The number of carbonyl (C=O) groups excluding carboxylic acids is 2. The van der Waals surface area contributed by atoms with Gasteiger partial charge in [0.25, 0.3) is 17.4 Å². The normalized spacial score (nSPS) is 12.8. The maximum Gasteiger partial charge on any atom is 0.296 e. The van der Waals surface area contributed by atoms with Gasteiger partial charge in [-0.3, -0.25) is 19.7 Å². The van der Waals surface area contributed by atoms with Crippen molar-refractivity contribution in [1.29, 1.82) is 0 Å². The monoisotopic (exact) mass is 208 g/mol. The minimum atomic E-state index is -0.750. The predicted molar refractivity (Wildman–Crippen MR) is 52.8 cm³/mol. The zero-order valence-electron chi connectivity index (χ0n) is 6.81. The van der Waals surface area contributed by atoms with Gasteiger partial charge in [0.2, 0.25) is 0 Å². The highest BCUT2D eigenvalue weighted by Gasteiger charge is 2.29. The van der Waals surface area contributed by atoms with E-state index in [1.165, 1.54) is 12.1 Å². The summed E-state index contributed by atoms with van der Waals surface area (Å²) in [7, 11) is 0. The first-order valence-corrected chi connectivity index (χ1v) is 3.74. The number of amides is 1. The van der Waals surface area contributed by atoms with Crippen LogP contribution in [0.2, 0.25) is 0 Å². The van der Waals surface area contributed by atoms with Gasteiger partial charge in [0, 0.05) is 12.1 Å². The molecule has 0 saturated heterocycles. The van der Waals surface area contributed by atoms with Crippen LogP contribution in [0.3, 0.4) is 0 Å². The van der Waals surface area contributed by atoms with E-state index in [-0.39, 0.29) is 18.7 Å². The SMILES string of the molecule is C.O=C1Nc2ccc([N+](=O)[O-])cc2C1=O. The molecule has 0 saturated carbocycles. The Hall–Kier alpha value is -2.24. The van der Waals surface area contributed by atoms with Crippen molar-refractivity contribution in [2.75, 3.05) is 5.32 Å². The number of non-ortho nitro benzene ring substituents is 1. The molecule has 1 aliphatic heterocycles. The number of fused-ring (bicyclic) bond motifs is 1. The highest BCUT2D eigenvalue weighted by atomic mass is 16.6. The molecule has 0 unspecified atom stereocenters. The van der Waals surface area contributed by atoms with E-state index >= 15 is 0 Å². The molecule has 6 nitrogen and oxygen atoms in total. The lowest BCUT2D eigenvalue weighted by Gasteiger charge is -1.95. The molecule has 0 radical (unpaired) electrons. The van der Waals surface area contributed by atoms with Crippen LogP contribution in [0.15, 0.2) is 18.2 Å². The van der Waals surface area contributed by atoms with Crippen LogP contribution in [0, 0.1) is 10.1 Å². The quantitative estimate of drug-likeness (QED) is 0.428. The van der Waals surface area contributed by atoms with Crippen LogP contribution in [-0.4, -0.2) is 16.6 Å². The first kappa shape index (κ1) is 10.8. The average Bonchev–Trinajstić information content (AvgIpc) is 2.43. The smallest absolute Gasteiger partial charge is 0.296 e. The summed E-state index contributed by atoms with van der Waals surface area (Å²) in [4.78, 5) is 31.8. The number of Topliss-reactive ketones (excluding diaryl/α,β-unsaturated/α-hetero) is 1. The van der Waals surface area contributed by atoms with Crippen LogP contribution in [-0.2, 0) is 4.79 Å². The Kier molecular flexibility index (Phi) is 2.52. The van der Waals surface area contributed by atoms with Crippen molar-refractivity contribution in [1.82, 2.24) is 0 Å². The second-order valence-electron chi connectivity index (χ2n) is 2.77. The molecule has 0 aromatic heterocycles. The number of nitro groups is 1. The van der Waals surface area contributed by atoms with Crippen molar-refractivity contribution in [2.24, 2.45) is 0 Å². The van der Waals surface area contributed by atoms with Crippen molar-refractivity contribution < 1.29 is 14.5 Å². The lowest BCUT2D eigenvalue weighted by atomic mass is 10.1. The van der Waals surface area contributed by atoms with Gasteiger partial charge in [-0.1, -0.05) is 7.43 Å². The van der Waals surface area contributed by atoms with Gasteiger partial charge in [-0.15, -0.1) is 0 Å². The van der Waals surface area contributed by atoms with Crippen LogP contribution in [0.25, 0.3) is 0 Å². The number of nitro benzene ring substituents is 1. The Labute approximate surface area is 85.1 Å². The highest BCUT2D eigenvalue weighted by molar-refractivity contribution is 6.51. The maximum atomic E-state index is 11.1. The van der Waals surface area contributed by atoms with E-state index in [0.717, 1.165) is 6.07 Å². The molecule has 1 N–H and O–H groups in total. The van der Waals surface area contributed by atoms with Crippen LogP contribution in [0.5, 0.6) is 0 Å². The molecule has 6 heteroatoms. The second-order valence-corrected chi connectivity index (χ2v) is 2.77. The number of hydrogen-bond acceptors (Lipinski definition) is 4. The van der Waals surface area contributed by atoms with Gasteiger partial charge in [0.05, 0.1) is 16.2 Å².